The zero-order valence-corrected chi connectivity index (χ0v) is 9.46. The van der Waals surface area contributed by atoms with Crippen LogP contribution in [-0.4, -0.2) is 28.7 Å². The predicted molar refractivity (Wildman–Crippen MR) is 64.8 cm³/mol. The van der Waals surface area contributed by atoms with Crippen molar-refractivity contribution in [2.45, 2.75) is 12.8 Å². The van der Waals surface area contributed by atoms with Crippen LogP contribution in [0.5, 0.6) is 0 Å². The Kier molecular flexibility index (Phi) is 3.75. The van der Waals surface area contributed by atoms with Gasteiger partial charge in [0.2, 0.25) is 11.8 Å². The highest BCUT2D eigenvalue weighted by Crippen LogP contribution is 1.99. The zero-order chi connectivity index (χ0) is 12.8. The van der Waals surface area contributed by atoms with Crippen molar-refractivity contribution in [3.8, 4) is 0 Å². The standard InChI is InChI=1S/C11H11N5O2/c17-10(4-9-5-11(18)16-14-9)15-13-7-8-2-1-3-12-6-8/h1-3,6-7H,4-5H2,(H,15,17)(H,16,18)/b13-7-. The Morgan fingerprint density at radius 2 is 2.50 bits per heavy atom. The smallest absolute Gasteiger partial charge is 0.245 e. The second-order valence-electron chi connectivity index (χ2n) is 3.65. The van der Waals surface area contributed by atoms with Crippen LogP contribution in [0.3, 0.4) is 0 Å². The molecule has 1 aliphatic rings. The fourth-order valence-electron chi connectivity index (χ4n) is 1.36. The summed E-state index contributed by atoms with van der Waals surface area (Å²) < 4.78 is 0. The third-order valence-electron chi connectivity index (χ3n) is 2.16. The predicted octanol–water partition coefficient (Wildman–Crippen LogP) is -0.202. The van der Waals surface area contributed by atoms with Crippen molar-refractivity contribution in [1.82, 2.24) is 15.8 Å². The van der Waals surface area contributed by atoms with Crippen molar-refractivity contribution in [1.29, 1.82) is 0 Å². The van der Waals surface area contributed by atoms with Gasteiger partial charge in [-0.1, -0.05) is 6.07 Å². The van der Waals surface area contributed by atoms with Gasteiger partial charge >= 0.3 is 0 Å². The Balaban J connectivity index is 1.78. The second kappa shape index (κ2) is 5.67. The van der Waals surface area contributed by atoms with Crippen LogP contribution in [-0.2, 0) is 9.59 Å². The maximum Gasteiger partial charge on any atom is 0.245 e. The summed E-state index contributed by atoms with van der Waals surface area (Å²) >= 11 is 0. The summed E-state index contributed by atoms with van der Waals surface area (Å²) in [6, 6.07) is 3.58. The first-order valence-corrected chi connectivity index (χ1v) is 5.30. The molecule has 0 aliphatic carbocycles. The molecule has 2 amide bonds. The molecule has 18 heavy (non-hydrogen) atoms. The van der Waals surface area contributed by atoms with E-state index in [9.17, 15) is 9.59 Å². The lowest BCUT2D eigenvalue weighted by Gasteiger charge is -1.97. The van der Waals surface area contributed by atoms with Crippen molar-refractivity contribution in [2.75, 3.05) is 0 Å². The van der Waals surface area contributed by atoms with E-state index in [0.717, 1.165) is 5.56 Å². The third-order valence-corrected chi connectivity index (χ3v) is 2.16. The number of hydrogen-bond donors (Lipinski definition) is 2. The first-order chi connectivity index (χ1) is 8.74. The summed E-state index contributed by atoms with van der Waals surface area (Å²) in [5, 5.41) is 7.50. The molecule has 0 unspecified atom stereocenters. The molecule has 0 saturated carbocycles. The van der Waals surface area contributed by atoms with E-state index in [1.807, 2.05) is 6.07 Å². The molecule has 0 bridgehead atoms. The molecule has 0 aromatic carbocycles. The lowest BCUT2D eigenvalue weighted by atomic mass is 10.2. The minimum atomic E-state index is -0.314. The SMILES string of the molecule is O=C1CC(CC(=O)N/N=C\c2cccnc2)=NN1. The van der Waals surface area contributed by atoms with Crippen LogP contribution < -0.4 is 10.9 Å². The Morgan fingerprint density at radius 3 is 3.17 bits per heavy atom. The van der Waals surface area contributed by atoms with Crippen LogP contribution in [0.25, 0.3) is 0 Å². The summed E-state index contributed by atoms with van der Waals surface area (Å²) in [7, 11) is 0. The maximum absolute atomic E-state index is 11.4. The molecule has 1 aliphatic heterocycles. The van der Waals surface area contributed by atoms with E-state index in [0.29, 0.717) is 5.71 Å². The zero-order valence-electron chi connectivity index (χ0n) is 9.46. The molecule has 2 heterocycles. The van der Waals surface area contributed by atoms with Gasteiger partial charge in [-0.15, -0.1) is 0 Å². The molecule has 2 N–H and O–H groups in total. The van der Waals surface area contributed by atoms with E-state index >= 15 is 0 Å². The Labute approximate surface area is 103 Å². The van der Waals surface area contributed by atoms with Gasteiger partial charge in [-0.25, -0.2) is 10.9 Å². The average molecular weight is 245 g/mol. The summed E-state index contributed by atoms with van der Waals surface area (Å²) in [6.45, 7) is 0. The molecule has 1 aromatic heterocycles. The van der Waals surface area contributed by atoms with Crippen molar-refractivity contribution in [2.24, 2.45) is 10.2 Å². The number of carbonyl (C=O) groups is 2. The van der Waals surface area contributed by atoms with Gasteiger partial charge in [-0.3, -0.25) is 14.6 Å². The summed E-state index contributed by atoms with van der Waals surface area (Å²) in [4.78, 5) is 26.2. The van der Waals surface area contributed by atoms with Gasteiger partial charge in [0.05, 0.1) is 24.8 Å². The molecular formula is C11H11N5O2. The van der Waals surface area contributed by atoms with E-state index < -0.39 is 0 Å². The lowest BCUT2D eigenvalue weighted by molar-refractivity contribution is -0.119. The number of nitrogens with one attached hydrogen (secondary N) is 2. The van der Waals surface area contributed by atoms with E-state index in [4.69, 9.17) is 0 Å². The number of carbonyl (C=O) groups excluding carboxylic acids is 2. The molecule has 0 atom stereocenters. The molecule has 92 valence electrons. The molecule has 7 nitrogen and oxygen atoms in total. The van der Waals surface area contributed by atoms with Crippen LogP contribution in [0.1, 0.15) is 18.4 Å². The van der Waals surface area contributed by atoms with E-state index in [1.54, 1.807) is 18.5 Å². The van der Waals surface area contributed by atoms with Crippen molar-refractivity contribution in [3.63, 3.8) is 0 Å². The summed E-state index contributed by atoms with van der Waals surface area (Å²) in [5.74, 6) is -0.512. The minimum absolute atomic E-state index is 0.0587. The first-order valence-electron chi connectivity index (χ1n) is 5.30. The number of rotatable bonds is 4. The van der Waals surface area contributed by atoms with Crippen LogP contribution in [0.15, 0.2) is 34.7 Å². The van der Waals surface area contributed by atoms with E-state index in [2.05, 4.69) is 26.0 Å². The average Bonchev–Trinajstić information content (AvgIpc) is 2.76. The van der Waals surface area contributed by atoms with Gasteiger partial charge in [0.1, 0.15) is 0 Å². The number of nitrogens with zero attached hydrogens (tertiary/aromatic N) is 3. The normalized spacial score (nSPS) is 14.4. The molecule has 0 saturated heterocycles. The van der Waals surface area contributed by atoms with Crippen LogP contribution in [0.2, 0.25) is 0 Å². The van der Waals surface area contributed by atoms with E-state index in [-0.39, 0.29) is 24.7 Å². The van der Waals surface area contributed by atoms with Gasteiger partial charge in [-0.2, -0.15) is 10.2 Å². The number of pyridine rings is 1. The Morgan fingerprint density at radius 1 is 1.61 bits per heavy atom. The van der Waals surface area contributed by atoms with Crippen molar-refractivity contribution >= 4 is 23.7 Å². The number of hydrazone groups is 2. The van der Waals surface area contributed by atoms with Crippen molar-refractivity contribution < 1.29 is 9.59 Å². The monoisotopic (exact) mass is 245 g/mol. The molecule has 0 radical (unpaired) electrons. The lowest BCUT2D eigenvalue weighted by Crippen LogP contribution is -2.20. The molecule has 1 aromatic rings. The molecule has 7 heteroatoms. The third kappa shape index (κ3) is 3.48. The van der Waals surface area contributed by atoms with Gasteiger partial charge in [0.15, 0.2) is 0 Å². The van der Waals surface area contributed by atoms with Crippen LogP contribution >= 0.6 is 0 Å². The van der Waals surface area contributed by atoms with E-state index in [1.165, 1.54) is 6.21 Å². The maximum atomic E-state index is 11.4. The molecular weight excluding hydrogens is 234 g/mol. The van der Waals surface area contributed by atoms with Gasteiger partial charge in [0, 0.05) is 18.0 Å². The van der Waals surface area contributed by atoms with Crippen LogP contribution in [0.4, 0.5) is 0 Å². The number of hydrogen-bond acceptors (Lipinski definition) is 5. The summed E-state index contributed by atoms with van der Waals surface area (Å²) in [6.07, 6.45) is 4.99. The molecule has 0 spiro atoms. The topological polar surface area (TPSA) is 95.8 Å². The highest BCUT2D eigenvalue weighted by atomic mass is 16.2. The largest absolute Gasteiger partial charge is 0.273 e. The minimum Gasteiger partial charge on any atom is -0.273 e. The second-order valence-corrected chi connectivity index (χ2v) is 3.65. The number of aromatic nitrogens is 1. The molecule has 0 fully saturated rings. The Bertz CT molecular complexity index is 509. The van der Waals surface area contributed by atoms with Crippen LogP contribution in [0, 0.1) is 0 Å². The fourth-order valence-corrected chi connectivity index (χ4v) is 1.36. The van der Waals surface area contributed by atoms with Crippen molar-refractivity contribution in [3.05, 3.63) is 30.1 Å². The number of amides is 2. The quantitative estimate of drug-likeness (QED) is 0.568. The highest BCUT2D eigenvalue weighted by Gasteiger charge is 2.16. The fraction of sp³-hybridized carbons (Fsp3) is 0.182. The van der Waals surface area contributed by atoms with Gasteiger partial charge in [-0.05, 0) is 6.07 Å². The first kappa shape index (κ1) is 11.9. The van der Waals surface area contributed by atoms with Gasteiger partial charge in [0.25, 0.3) is 0 Å². The van der Waals surface area contributed by atoms with Gasteiger partial charge < -0.3 is 0 Å². The Hall–Kier alpha value is -2.57. The summed E-state index contributed by atoms with van der Waals surface area (Å²) in [5.41, 5.74) is 5.93. The molecule has 2 rings (SSSR count). The highest BCUT2D eigenvalue weighted by molar-refractivity contribution is 6.11.